The van der Waals surface area contributed by atoms with Gasteiger partial charge in [0.15, 0.2) is 0 Å². The van der Waals surface area contributed by atoms with Gasteiger partial charge in [0.2, 0.25) is 0 Å². The summed E-state index contributed by atoms with van der Waals surface area (Å²) in [6.45, 7) is 5.85. The van der Waals surface area contributed by atoms with Crippen molar-refractivity contribution in [3.8, 4) is 0 Å². The molecule has 0 saturated heterocycles. The van der Waals surface area contributed by atoms with Gasteiger partial charge in [-0.25, -0.2) is 0 Å². The average molecular weight is 260 g/mol. The van der Waals surface area contributed by atoms with Crippen molar-refractivity contribution in [1.29, 1.82) is 0 Å². The molecule has 106 valence electrons. The average Bonchev–Trinajstić information content (AvgIpc) is 2.45. The van der Waals surface area contributed by atoms with Gasteiger partial charge in [-0.1, -0.05) is 39.2 Å². The summed E-state index contributed by atoms with van der Waals surface area (Å²) in [6, 6.07) is 4.85. The molecule has 0 bridgehead atoms. The zero-order chi connectivity index (χ0) is 13.6. The Morgan fingerprint density at radius 3 is 2.74 bits per heavy atom. The van der Waals surface area contributed by atoms with Crippen LogP contribution in [0.2, 0.25) is 0 Å². The molecule has 2 rings (SSSR count). The van der Waals surface area contributed by atoms with Crippen molar-refractivity contribution >= 4 is 0 Å². The predicted octanol–water partition coefficient (Wildman–Crippen LogP) is 3.96. The summed E-state index contributed by atoms with van der Waals surface area (Å²) in [5, 5.41) is 3.80. The first kappa shape index (κ1) is 14.5. The molecule has 1 aliphatic rings. The molecule has 0 aliphatic heterocycles. The highest BCUT2D eigenvalue weighted by atomic mass is 14.9. The Bertz CT molecular complexity index is 355. The standard InChI is InChI=1S/C17H28N2/c1-3-11-19-16(13-15-8-7-12-18-14-15)17(2)9-5-4-6-10-17/h7-8,12,14,16,19H,3-6,9-11,13H2,1-2H3. The van der Waals surface area contributed by atoms with Crippen LogP contribution in [-0.2, 0) is 6.42 Å². The molecule has 19 heavy (non-hydrogen) atoms. The van der Waals surface area contributed by atoms with Gasteiger partial charge in [0.25, 0.3) is 0 Å². The predicted molar refractivity (Wildman–Crippen MR) is 81.2 cm³/mol. The maximum absolute atomic E-state index is 4.26. The molecular weight excluding hydrogens is 232 g/mol. The third-order valence-corrected chi connectivity index (χ3v) is 4.64. The number of rotatable bonds is 6. The molecule has 1 unspecified atom stereocenters. The van der Waals surface area contributed by atoms with E-state index in [2.05, 4.69) is 36.3 Å². The molecule has 1 aromatic rings. The molecule has 0 amide bonds. The van der Waals surface area contributed by atoms with E-state index in [1.54, 1.807) is 0 Å². The van der Waals surface area contributed by atoms with Crippen LogP contribution < -0.4 is 5.32 Å². The quantitative estimate of drug-likeness (QED) is 0.837. The van der Waals surface area contributed by atoms with E-state index >= 15 is 0 Å². The van der Waals surface area contributed by atoms with E-state index in [1.165, 1.54) is 44.1 Å². The molecule has 2 nitrogen and oxygen atoms in total. The van der Waals surface area contributed by atoms with Gasteiger partial charge in [-0.2, -0.15) is 0 Å². The second-order valence-corrected chi connectivity index (χ2v) is 6.29. The molecule has 1 aliphatic carbocycles. The zero-order valence-corrected chi connectivity index (χ0v) is 12.5. The Balaban J connectivity index is 2.06. The number of aromatic nitrogens is 1. The van der Waals surface area contributed by atoms with E-state index in [-0.39, 0.29) is 0 Å². The summed E-state index contributed by atoms with van der Waals surface area (Å²) in [5.41, 5.74) is 1.83. The molecular formula is C17H28N2. The summed E-state index contributed by atoms with van der Waals surface area (Å²) in [4.78, 5) is 4.26. The van der Waals surface area contributed by atoms with E-state index in [1.807, 2.05) is 12.4 Å². The molecule has 2 heteroatoms. The molecule has 0 aromatic carbocycles. The number of nitrogens with one attached hydrogen (secondary N) is 1. The molecule has 0 radical (unpaired) electrons. The van der Waals surface area contributed by atoms with Gasteiger partial charge >= 0.3 is 0 Å². The third-order valence-electron chi connectivity index (χ3n) is 4.64. The first-order chi connectivity index (χ1) is 9.24. The number of hydrogen-bond donors (Lipinski definition) is 1. The van der Waals surface area contributed by atoms with Gasteiger partial charge < -0.3 is 5.32 Å². The fourth-order valence-corrected chi connectivity index (χ4v) is 3.35. The fraction of sp³-hybridized carbons (Fsp3) is 0.706. The van der Waals surface area contributed by atoms with Crippen molar-refractivity contribution in [2.75, 3.05) is 6.54 Å². The van der Waals surface area contributed by atoms with Crippen LogP contribution in [0.4, 0.5) is 0 Å². The van der Waals surface area contributed by atoms with E-state index in [9.17, 15) is 0 Å². The van der Waals surface area contributed by atoms with Gasteiger partial charge in [0.1, 0.15) is 0 Å². The molecule has 1 fully saturated rings. The van der Waals surface area contributed by atoms with Gasteiger partial charge in [0.05, 0.1) is 0 Å². The lowest BCUT2D eigenvalue weighted by atomic mass is 9.69. The van der Waals surface area contributed by atoms with Crippen LogP contribution in [0.1, 0.15) is 57.9 Å². The van der Waals surface area contributed by atoms with Gasteiger partial charge in [-0.3, -0.25) is 4.98 Å². The van der Waals surface area contributed by atoms with E-state index in [0.29, 0.717) is 11.5 Å². The Hall–Kier alpha value is -0.890. The monoisotopic (exact) mass is 260 g/mol. The minimum Gasteiger partial charge on any atom is -0.313 e. The van der Waals surface area contributed by atoms with Crippen molar-refractivity contribution < 1.29 is 0 Å². The van der Waals surface area contributed by atoms with Gasteiger partial charge in [-0.05, 0) is 49.3 Å². The van der Waals surface area contributed by atoms with Crippen LogP contribution in [-0.4, -0.2) is 17.6 Å². The van der Waals surface area contributed by atoms with Gasteiger partial charge in [-0.15, -0.1) is 0 Å². The summed E-state index contributed by atoms with van der Waals surface area (Å²) >= 11 is 0. The Morgan fingerprint density at radius 1 is 1.32 bits per heavy atom. The molecule has 1 heterocycles. The maximum Gasteiger partial charge on any atom is 0.0300 e. The van der Waals surface area contributed by atoms with Crippen LogP contribution in [0.3, 0.4) is 0 Å². The van der Waals surface area contributed by atoms with Crippen molar-refractivity contribution in [3.63, 3.8) is 0 Å². The third kappa shape index (κ3) is 4.04. The smallest absolute Gasteiger partial charge is 0.0300 e. The van der Waals surface area contributed by atoms with Crippen molar-refractivity contribution in [1.82, 2.24) is 10.3 Å². The molecule has 1 aromatic heterocycles. The maximum atomic E-state index is 4.26. The Kier molecular flexibility index (Phi) is 5.38. The SMILES string of the molecule is CCCNC(Cc1cccnc1)C1(C)CCCCC1. The van der Waals surface area contributed by atoms with Crippen molar-refractivity contribution in [2.45, 2.75) is 64.8 Å². The lowest BCUT2D eigenvalue weighted by Crippen LogP contribution is -2.46. The minimum atomic E-state index is 0.462. The second kappa shape index (κ2) is 7.04. The highest BCUT2D eigenvalue weighted by Crippen LogP contribution is 2.39. The first-order valence-corrected chi connectivity index (χ1v) is 7.87. The highest BCUT2D eigenvalue weighted by Gasteiger charge is 2.34. The number of nitrogens with zero attached hydrogens (tertiary/aromatic N) is 1. The molecule has 1 N–H and O–H groups in total. The summed E-state index contributed by atoms with van der Waals surface area (Å²) in [5.74, 6) is 0. The minimum absolute atomic E-state index is 0.462. The first-order valence-electron chi connectivity index (χ1n) is 7.87. The topological polar surface area (TPSA) is 24.9 Å². The number of pyridine rings is 1. The van der Waals surface area contributed by atoms with E-state index in [0.717, 1.165) is 13.0 Å². The zero-order valence-electron chi connectivity index (χ0n) is 12.5. The Morgan fingerprint density at radius 2 is 2.11 bits per heavy atom. The highest BCUT2D eigenvalue weighted by molar-refractivity contribution is 5.12. The van der Waals surface area contributed by atoms with Crippen LogP contribution in [0.25, 0.3) is 0 Å². The summed E-state index contributed by atoms with van der Waals surface area (Å²) in [6.07, 6.45) is 13.2. The largest absolute Gasteiger partial charge is 0.313 e. The van der Waals surface area contributed by atoms with Gasteiger partial charge in [0, 0.05) is 18.4 Å². The fourth-order valence-electron chi connectivity index (χ4n) is 3.35. The lowest BCUT2D eigenvalue weighted by molar-refractivity contribution is 0.143. The molecule has 1 atom stereocenters. The molecule has 1 saturated carbocycles. The Labute approximate surface area is 118 Å². The van der Waals surface area contributed by atoms with Crippen molar-refractivity contribution in [2.24, 2.45) is 5.41 Å². The van der Waals surface area contributed by atoms with Crippen LogP contribution in [0, 0.1) is 5.41 Å². The summed E-state index contributed by atoms with van der Waals surface area (Å²) < 4.78 is 0. The van der Waals surface area contributed by atoms with Crippen molar-refractivity contribution in [3.05, 3.63) is 30.1 Å². The van der Waals surface area contributed by atoms with Crippen LogP contribution >= 0.6 is 0 Å². The summed E-state index contributed by atoms with van der Waals surface area (Å²) in [7, 11) is 0. The molecule has 0 spiro atoms. The normalized spacial score (nSPS) is 20.1. The van der Waals surface area contributed by atoms with E-state index < -0.39 is 0 Å². The lowest BCUT2D eigenvalue weighted by Gasteiger charge is -2.41. The number of hydrogen-bond acceptors (Lipinski definition) is 2. The van der Waals surface area contributed by atoms with E-state index in [4.69, 9.17) is 0 Å². The van der Waals surface area contributed by atoms with Crippen LogP contribution in [0.5, 0.6) is 0 Å². The second-order valence-electron chi connectivity index (χ2n) is 6.29. The van der Waals surface area contributed by atoms with Crippen LogP contribution in [0.15, 0.2) is 24.5 Å².